The van der Waals surface area contributed by atoms with Gasteiger partial charge in [0.2, 0.25) is 21.8 Å². The van der Waals surface area contributed by atoms with Crippen LogP contribution in [0.1, 0.15) is 52.5 Å². The Hall–Kier alpha value is -2.78. The van der Waals surface area contributed by atoms with Crippen LogP contribution in [0.2, 0.25) is 5.02 Å². The number of nitrogens with zero attached hydrogens (tertiary/aromatic N) is 2. The number of carbonyl (C=O) groups is 2. The maximum absolute atomic E-state index is 13.5. The molecular weight excluding hydrogens is 514 g/mol. The van der Waals surface area contributed by atoms with Crippen LogP contribution in [0.3, 0.4) is 0 Å². The molecule has 2 rings (SSSR count). The number of benzene rings is 2. The highest BCUT2D eigenvalue weighted by Crippen LogP contribution is 2.30. The van der Waals surface area contributed by atoms with E-state index in [0.717, 1.165) is 11.8 Å². The molecule has 0 aliphatic rings. The second kappa shape index (κ2) is 14.2. The largest absolute Gasteiger partial charge is 0.492 e. The van der Waals surface area contributed by atoms with Crippen molar-refractivity contribution >= 4 is 39.1 Å². The van der Waals surface area contributed by atoms with Gasteiger partial charge in [-0.1, -0.05) is 42.8 Å². The van der Waals surface area contributed by atoms with Crippen molar-refractivity contribution in [2.45, 2.75) is 65.6 Å². The molecule has 2 amide bonds. The molecule has 0 spiro atoms. The molecule has 37 heavy (non-hydrogen) atoms. The van der Waals surface area contributed by atoms with Crippen LogP contribution >= 0.6 is 11.6 Å². The van der Waals surface area contributed by atoms with E-state index in [9.17, 15) is 18.0 Å². The monoisotopic (exact) mass is 551 g/mol. The molecule has 0 unspecified atom stereocenters. The predicted molar refractivity (Wildman–Crippen MR) is 148 cm³/mol. The summed E-state index contributed by atoms with van der Waals surface area (Å²) in [6, 6.07) is 13.3. The van der Waals surface area contributed by atoms with Crippen molar-refractivity contribution in [2.75, 3.05) is 23.7 Å². The second-order valence-corrected chi connectivity index (χ2v) is 11.4. The Bertz CT molecular complexity index is 1140. The number of anilines is 1. The molecule has 0 bridgehead atoms. The smallest absolute Gasteiger partial charge is 0.243 e. The summed E-state index contributed by atoms with van der Waals surface area (Å²) in [6.07, 6.45) is 1.91. The minimum atomic E-state index is -3.63. The Labute approximate surface area is 226 Å². The number of carbonyl (C=O) groups excluding carboxylic acids is 2. The highest BCUT2D eigenvalue weighted by Gasteiger charge is 2.29. The third kappa shape index (κ3) is 9.23. The minimum Gasteiger partial charge on any atom is -0.492 e. The van der Waals surface area contributed by atoms with Crippen molar-refractivity contribution in [1.82, 2.24) is 10.2 Å². The van der Waals surface area contributed by atoms with Crippen LogP contribution in [-0.4, -0.2) is 56.6 Å². The fourth-order valence-electron chi connectivity index (χ4n) is 4.01. The molecule has 0 heterocycles. The predicted octanol–water partition coefficient (Wildman–Crippen LogP) is 4.62. The van der Waals surface area contributed by atoms with Gasteiger partial charge in [-0.15, -0.1) is 0 Å². The number of para-hydroxylation sites is 2. The molecule has 204 valence electrons. The van der Waals surface area contributed by atoms with Gasteiger partial charge in [0.15, 0.2) is 0 Å². The zero-order chi connectivity index (χ0) is 27.6. The standard InChI is InChI=1S/C27H38ClN3O5S/c1-6-23(27(33)29-20(3)4)30(19-21-14-16-22(28)17-15-21)26(32)13-10-18-31(37(5,34)35)24-11-8-9-12-25(24)36-7-2/h8-9,11-12,14-17,20,23H,6-7,10,13,18-19H2,1-5H3,(H,29,33)/t23-/m0/s1. The highest BCUT2D eigenvalue weighted by atomic mass is 35.5. The van der Waals surface area contributed by atoms with Crippen LogP contribution in [0.4, 0.5) is 5.69 Å². The molecule has 1 atom stereocenters. The minimum absolute atomic E-state index is 0.0669. The summed E-state index contributed by atoms with van der Waals surface area (Å²) in [6.45, 7) is 8.16. The van der Waals surface area contributed by atoms with Gasteiger partial charge in [-0.25, -0.2) is 8.42 Å². The second-order valence-electron chi connectivity index (χ2n) is 9.07. The Kier molecular flexibility index (Phi) is 11.7. The molecular formula is C27H38ClN3O5S. The van der Waals surface area contributed by atoms with Gasteiger partial charge in [0.1, 0.15) is 11.8 Å². The number of hydrogen-bond acceptors (Lipinski definition) is 5. The van der Waals surface area contributed by atoms with E-state index in [1.54, 1.807) is 41.3 Å². The van der Waals surface area contributed by atoms with Crippen LogP contribution in [0.5, 0.6) is 5.75 Å². The van der Waals surface area contributed by atoms with Gasteiger partial charge >= 0.3 is 0 Å². The molecule has 1 N–H and O–H groups in total. The molecule has 0 fully saturated rings. The summed E-state index contributed by atoms with van der Waals surface area (Å²) in [5, 5.41) is 3.49. The lowest BCUT2D eigenvalue weighted by atomic mass is 10.1. The Morgan fingerprint density at radius 2 is 1.70 bits per heavy atom. The van der Waals surface area contributed by atoms with Crippen molar-refractivity contribution in [3.05, 3.63) is 59.1 Å². The van der Waals surface area contributed by atoms with Gasteiger partial charge in [0, 0.05) is 30.6 Å². The molecule has 0 radical (unpaired) electrons. The van der Waals surface area contributed by atoms with Gasteiger partial charge in [0.25, 0.3) is 0 Å². The molecule has 0 aliphatic heterocycles. The molecule has 0 saturated carbocycles. The van der Waals surface area contributed by atoms with E-state index in [1.807, 2.05) is 39.8 Å². The maximum atomic E-state index is 13.5. The Morgan fingerprint density at radius 1 is 1.05 bits per heavy atom. The van der Waals surface area contributed by atoms with Crippen LogP contribution in [0.15, 0.2) is 48.5 Å². The fraction of sp³-hybridized carbons (Fsp3) is 0.481. The van der Waals surface area contributed by atoms with Crippen LogP contribution in [0, 0.1) is 0 Å². The molecule has 0 aliphatic carbocycles. The normalized spacial score (nSPS) is 12.2. The Balaban J connectivity index is 2.24. The average molecular weight is 552 g/mol. The van der Waals surface area contributed by atoms with E-state index in [2.05, 4.69) is 5.32 Å². The lowest BCUT2D eigenvalue weighted by Crippen LogP contribution is -2.50. The first-order valence-corrected chi connectivity index (χ1v) is 14.7. The zero-order valence-electron chi connectivity index (χ0n) is 22.2. The molecule has 2 aromatic rings. The van der Waals surface area contributed by atoms with Crippen molar-refractivity contribution in [3.63, 3.8) is 0 Å². The molecule has 2 aromatic carbocycles. The van der Waals surface area contributed by atoms with Gasteiger partial charge in [-0.2, -0.15) is 0 Å². The van der Waals surface area contributed by atoms with E-state index < -0.39 is 16.1 Å². The first kappa shape index (κ1) is 30.4. The summed E-state index contributed by atoms with van der Waals surface area (Å²) >= 11 is 6.02. The first-order chi connectivity index (χ1) is 17.5. The fourth-order valence-corrected chi connectivity index (χ4v) is 5.10. The lowest BCUT2D eigenvalue weighted by molar-refractivity contribution is -0.141. The third-order valence-corrected chi connectivity index (χ3v) is 7.10. The van der Waals surface area contributed by atoms with E-state index in [0.29, 0.717) is 29.5 Å². The topological polar surface area (TPSA) is 96.0 Å². The SMILES string of the molecule is CCOc1ccccc1N(CCCC(=O)N(Cc1ccc(Cl)cc1)[C@@H](CC)C(=O)NC(C)C)S(C)(=O)=O. The van der Waals surface area contributed by atoms with E-state index >= 15 is 0 Å². The summed E-state index contributed by atoms with van der Waals surface area (Å²) < 4.78 is 32.1. The highest BCUT2D eigenvalue weighted by molar-refractivity contribution is 7.92. The van der Waals surface area contributed by atoms with Crippen molar-refractivity contribution in [3.8, 4) is 5.75 Å². The van der Waals surface area contributed by atoms with Crippen LogP contribution in [0.25, 0.3) is 0 Å². The summed E-state index contributed by atoms with van der Waals surface area (Å²) in [5.74, 6) is 0.0120. The third-order valence-electron chi connectivity index (χ3n) is 5.67. The number of amides is 2. The number of rotatable bonds is 14. The van der Waals surface area contributed by atoms with Crippen LogP contribution < -0.4 is 14.4 Å². The van der Waals surface area contributed by atoms with Gasteiger partial charge in [-0.3, -0.25) is 13.9 Å². The molecule has 10 heteroatoms. The van der Waals surface area contributed by atoms with Crippen molar-refractivity contribution in [2.24, 2.45) is 0 Å². The zero-order valence-corrected chi connectivity index (χ0v) is 23.8. The number of nitrogens with one attached hydrogen (secondary N) is 1. The quantitative estimate of drug-likeness (QED) is 0.370. The number of hydrogen-bond donors (Lipinski definition) is 1. The van der Waals surface area contributed by atoms with Gasteiger partial charge < -0.3 is 15.0 Å². The summed E-state index contributed by atoms with van der Waals surface area (Å²) in [4.78, 5) is 28.0. The lowest BCUT2D eigenvalue weighted by Gasteiger charge is -2.31. The number of ether oxygens (including phenoxy) is 1. The molecule has 0 saturated heterocycles. The van der Waals surface area contributed by atoms with Crippen molar-refractivity contribution < 1.29 is 22.7 Å². The van der Waals surface area contributed by atoms with E-state index in [-0.39, 0.29) is 43.8 Å². The maximum Gasteiger partial charge on any atom is 0.243 e. The van der Waals surface area contributed by atoms with Gasteiger partial charge in [0.05, 0.1) is 18.6 Å². The first-order valence-electron chi connectivity index (χ1n) is 12.5. The molecule has 0 aromatic heterocycles. The van der Waals surface area contributed by atoms with Gasteiger partial charge in [-0.05, 0) is 63.4 Å². The van der Waals surface area contributed by atoms with Crippen LogP contribution in [-0.2, 0) is 26.2 Å². The summed E-state index contributed by atoms with van der Waals surface area (Å²) in [7, 11) is -3.63. The van der Waals surface area contributed by atoms with Crippen molar-refractivity contribution in [1.29, 1.82) is 0 Å². The van der Waals surface area contributed by atoms with E-state index in [1.165, 1.54) is 4.31 Å². The Morgan fingerprint density at radius 3 is 2.27 bits per heavy atom. The number of sulfonamides is 1. The van der Waals surface area contributed by atoms with E-state index in [4.69, 9.17) is 16.3 Å². The average Bonchev–Trinajstić information content (AvgIpc) is 2.82. The summed E-state index contributed by atoms with van der Waals surface area (Å²) in [5.41, 5.74) is 1.28. The molecule has 8 nitrogen and oxygen atoms in total. The number of halogens is 1.